The highest BCUT2D eigenvalue weighted by molar-refractivity contribution is 6.40. The maximum atomic E-state index is 13.5. The molecule has 4 nitrogen and oxygen atoms in total. The van der Waals surface area contributed by atoms with Crippen LogP contribution in [0.4, 0.5) is 8.78 Å². The van der Waals surface area contributed by atoms with Gasteiger partial charge in [0, 0.05) is 0 Å². The Bertz CT molecular complexity index is 443. The molecule has 0 bridgehead atoms. The Morgan fingerprint density at radius 2 is 1.81 bits per heavy atom. The SMILES string of the molecule is COC(=O)C(=O)c1c(F)ccc(OC)c1F. The summed E-state index contributed by atoms with van der Waals surface area (Å²) in [5, 5.41) is 0. The molecular formula is C10H8F2O4. The lowest BCUT2D eigenvalue weighted by atomic mass is 10.1. The van der Waals surface area contributed by atoms with Gasteiger partial charge >= 0.3 is 5.97 Å². The summed E-state index contributed by atoms with van der Waals surface area (Å²) in [6.07, 6.45) is 0. The van der Waals surface area contributed by atoms with Gasteiger partial charge < -0.3 is 9.47 Å². The van der Waals surface area contributed by atoms with E-state index >= 15 is 0 Å². The molecule has 0 aliphatic heterocycles. The summed E-state index contributed by atoms with van der Waals surface area (Å²) < 4.78 is 35.3. The van der Waals surface area contributed by atoms with E-state index in [0.717, 1.165) is 26.4 Å². The second kappa shape index (κ2) is 4.69. The van der Waals surface area contributed by atoms with Gasteiger partial charge in [-0.1, -0.05) is 0 Å². The highest BCUT2D eigenvalue weighted by Crippen LogP contribution is 2.23. The molecule has 86 valence electrons. The Morgan fingerprint density at radius 1 is 1.19 bits per heavy atom. The Kier molecular flexibility index (Phi) is 3.55. The lowest BCUT2D eigenvalue weighted by Crippen LogP contribution is -2.19. The molecule has 0 fully saturated rings. The molecule has 0 atom stereocenters. The van der Waals surface area contributed by atoms with E-state index in [9.17, 15) is 18.4 Å². The second-order valence-corrected chi connectivity index (χ2v) is 2.76. The number of hydrogen-bond donors (Lipinski definition) is 0. The minimum Gasteiger partial charge on any atom is -0.494 e. The van der Waals surface area contributed by atoms with Gasteiger partial charge in [-0.25, -0.2) is 13.6 Å². The first-order chi connectivity index (χ1) is 7.52. The van der Waals surface area contributed by atoms with Crippen molar-refractivity contribution >= 4 is 11.8 Å². The maximum absolute atomic E-state index is 13.5. The quantitative estimate of drug-likeness (QED) is 0.446. The molecule has 1 rings (SSSR count). The van der Waals surface area contributed by atoms with E-state index < -0.39 is 29.0 Å². The summed E-state index contributed by atoms with van der Waals surface area (Å²) in [6.45, 7) is 0. The summed E-state index contributed by atoms with van der Waals surface area (Å²) in [4.78, 5) is 22.1. The van der Waals surface area contributed by atoms with E-state index in [0.29, 0.717) is 0 Å². The zero-order valence-electron chi connectivity index (χ0n) is 8.54. The van der Waals surface area contributed by atoms with Gasteiger partial charge in [-0.3, -0.25) is 4.79 Å². The lowest BCUT2D eigenvalue weighted by Gasteiger charge is -2.06. The summed E-state index contributed by atoms with van der Waals surface area (Å²) in [7, 11) is 2.10. The fourth-order valence-corrected chi connectivity index (χ4v) is 1.09. The van der Waals surface area contributed by atoms with E-state index in [2.05, 4.69) is 9.47 Å². The van der Waals surface area contributed by atoms with Gasteiger partial charge in [-0.2, -0.15) is 0 Å². The number of rotatable bonds is 3. The van der Waals surface area contributed by atoms with Crippen LogP contribution in [0.25, 0.3) is 0 Å². The molecule has 0 spiro atoms. The molecule has 0 heterocycles. The highest BCUT2D eigenvalue weighted by Gasteiger charge is 2.26. The van der Waals surface area contributed by atoms with Crippen LogP contribution >= 0.6 is 0 Å². The maximum Gasteiger partial charge on any atom is 0.379 e. The van der Waals surface area contributed by atoms with E-state index in [1.165, 1.54) is 0 Å². The predicted molar refractivity (Wildman–Crippen MR) is 49.3 cm³/mol. The number of Topliss-reactive ketones (excluding diaryl/α,β-unsaturated/α-hetero) is 1. The topological polar surface area (TPSA) is 52.6 Å². The molecule has 0 aliphatic rings. The Balaban J connectivity index is 3.32. The van der Waals surface area contributed by atoms with Crippen molar-refractivity contribution in [2.24, 2.45) is 0 Å². The molecule has 0 amide bonds. The first kappa shape index (κ1) is 12.1. The number of ether oxygens (including phenoxy) is 2. The molecule has 0 N–H and O–H groups in total. The van der Waals surface area contributed by atoms with Crippen LogP contribution in [0.3, 0.4) is 0 Å². The van der Waals surface area contributed by atoms with Crippen LogP contribution in [0.15, 0.2) is 12.1 Å². The third-order valence-electron chi connectivity index (χ3n) is 1.87. The van der Waals surface area contributed by atoms with Gasteiger partial charge in [0.25, 0.3) is 5.78 Å². The van der Waals surface area contributed by atoms with Gasteiger partial charge in [-0.05, 0) is 12.1 Å². The Hall–Kier alpha value is -1.98. The van der Waals surface area contributed by atoms with Gasteiger partial charge in [0.2, 0.25) is 0 Å². The van der Waals surface area contributed by atoms with Gasteiger partial charge in [0.05, 0.1) is 14.2 Å². The van der Waals surface area contributed by atoms with Gasteiger partial charge in [0.1, 0.15) is 11.4 Å². The minimum absolute atomic E-state index is 0.325. The van der Waals surface area contributed by atoms with E-state index in [-0.39, 0.29) is 5.75 Å². The van der Waals surface area contributed by atoms with Crippen LogP contribution in [-0.2, 0) is 9.53 Å². The number of esters is 1. The van der Waals surface area contributed by atoms with Crippen molar-refractivity contribution in [2.45, 2.75) is 0 Å². The largest absolute Gasteiger partial charge is 0.494 e. The number of carbonyl (C=O) groups excluding carboxylic acids is 2. The number of ketones is 1. The number of halogens is 2. The van der Waals surface area contributed by atoms with Crippen molar-refractivity contribution in [1.29, 1.82) is 0 Å². The van der Waals surface area contributed by atoms with Crippen molar-refractivity contribution in [2.75, 3.05) is 14.2 Å². The third-order valence-corrected chi connectivity index (χ3v) is 1.87. The number of methoxy groups -OCH3 is 2. The van der Waals surface area contributed by atoms with Gasteiger partial charge in [0.15, 0.2) is 11.6 Å². The summed E-state index contributed by atoms with van der Waals surface area (Å²) in [6, 6.07) is 1.84. The molecule has 0 aliphatic carbocycles. The molecule has 0 saturated carbocycles. The molecule has 0 aromatic heterocycles. The highest BCUT2D eigenvalue weighted by atomic mass is 19.1. The zero-order valence-corrected chi connectivity index (χ0v) is 8.54. The molecule has 1 aromatic rings. The van der Waals surface area contributed by atoms with Crippen LogP contribution < -0.4 is 4.74 Å². The summed E-state index contributed by atoms with van der Waals surface area (Å²) in [5.41, 5.74) is -0.980. The van der Waals surface area contributed by atoms with Crippen LogP contribution in [0.1, 0.15) is 10.4 Å². The average Bonchev–Trinajstić information content (AvgIpc) is 2.28. The van der Waals surface area contributed by atoms with Crippen LogP contribution in [0.5, 0.6) is 5.75 Å². The standard InChI is InChI=1S/C10H8F2O4/c1-15-6-4-3-5(11)7(8(6)12)9(13)10(14)16-2/h3-4H,1-2H3. The minimum atomic E-state index is -1.39. The summed E-state index contributed by atoms with van der Waals surface area (Å²) in [5.74, 6) is -5.43. The predicted octanol–water partition coefficient (Wildman–Crippen LogP) is 1.33. The first-order valence-corrected chi connectivity index (χ1v) is 4.17. The third kappa shape index (κ3) is 2.00. The number of carbonyl (C=O) groups is 2. The van der Waals surface area contributed by atoms with Crippen molar-refractivity contribution in [3.05, 3.63) is 29.3 Å². The molecular weight excluding hydrogens is 222 g/mol. The first-order valence-electron chi connectivity index (χ1n) is 4.17. The average molecular weight is 230 g/mol. The van der Waals surface area contributed by atoms with Crippen molar-refractivity contribution < 1.29 is 27.8 Å². The fourth-order valence-electron chi connectivity index (χ4n) is 1.09. The van der Waals surface area contributed by atoms with Crippen molar-refractivity contribution in [1.82, 2.24) is 0 Å². The Morgan fingerprint density at radius 3 is 2.31 bits per heavy atom. The van der Waals surface area contributed by atoms with E-state index in [1.807, 2.05) is 0 Å². The lowest BCUT2D eigenvalue weighted by molar-refractivity contribution is -0.135. The molecule has 1 aromatic carbocycles. The zero-order chi connectivity index (χ0) is 12.3. The molecule has 0 unspecified atom stereocenters. The van der Waals surface area contributed by atoms with Gasteiger partial charge in [-0.15, -0.1) is 0 Å². The molecule has 6 heteroatoms. The number of hydrogen-bond acceptors (Lipinski definition) is 4. The van der Waals surface area contributed by atoms with Crippen molar-refractivity contribution in [3.8, 4) is 5.75 Å². The Labute approximate surface area is 89.8 Å². The second-order valence-electron chi connectivity index (χ2n) is 2.76. The molecule has 0 radical (unpaired) electrons. The van der Waals surface area contributed by atoms with Crippen LogP contribution in [-0.4, -0.2) is 26.0 Å². The normalized spacial score (nSPS) is 9.75. The van der Waals surface area contributed by atoms with Crippen LogP contribution in [0.2, 0.25) is 0 Å². The molecule has 16 heavy (non-hydrogen) atoms. The van der Waals surface area contributed by atoms with E-state index in [1.54, 1.807) is 0 Å². The summed E-state index contributed by atoms with van der Waals surface area (Å²) >= 11 is 0. The van der Waals surface area contributed by atoms with Crippen molar-refractivity contribution in [3.63, 3.8) is 0 Å². The fraction of sp³-hybridized carbons (Fsp3) is 0.200. The van der Waals surface area contributed by atoms with E-state index in [4.69, 9.17) is 0 Å². The van der Waals surface area contributed by atoms with Crippen LogP contribution in [0, 0.1) is 11.6 Å². The monoisotopic (exact) mass is 230 g/mol. The molecule has 0 saturated heterocycles. The number of benzene rings is 1. The smallest absolute Gasteiger partial charge is 0.379 e.